The SMILES string of the molecule is O=C(NNc1c(Cl)cc(Cl)cc1Cl)C1CCOCC1. The van der Waals surface area contributed by atoms with Crippen LogP contribution >= 0.6 is 34.8 Å². The molecule has 19 heavy (non-hydrogen) atoms. The summed E-state index contributed by atoms with van der Waals surface area (Å²) in [4.78, 5) is 11.9. The lowest BCUT2D eigenvalue weighted by molar-refractivity contribution is -0.127. The summed E-state index contributed by atoms with van der Waals surface area (Å²) in [6.45, 7) is 1.22. The molecule has 1 heterocycles. The van der Waals surface area contributed by atoms with E-state index in [9.17, 15) is 4.79 Å². The van der Waals surface area contributed by atoms with E-state index in [2.05, 4.69) is 10.9 Å². The van der Waals surface area contributed by atoms with Crippen molar-refractivity contribution in [3.05, 3.63) is 27.2 Å². The predicted molar refractivity (Wildman–Crippen MR) is 76.8 cm³/mol. The summed E-state index contributed by atoms with van der Waals surface area (Å²) >= 11 is 17.8. The molecule has 1 amide bonds. The third-order valence-electron chi connectivity index (χ3n) is 2.91. The lowest BCUT2D eigenvalue weighted by Crippen LogP contribution is -2.37. The van der Waals surface area contributed by atoms with Gasteiger partial charge in [-0.05, 0) is 25.0 Å². The molecule has 2 rings (SSSR count). The van der Waals surface area contributed by atoms with Gasteiger partial charge in [0.25, 0.3) is 0 Å². The molecule has 1 aromatic carbocycles. The summed E-state index contributed by atoms with van der Waals surface area (Å²) in [5.74, 6) is -0.142. The van der Waals surface area contributed by atoms with Gasteiger partial charge in [-0.2, -0.15) is 0 Å². The number of hydrogen-bond acceptors (Lipinski definition) is 3. The summed E-state index contributed by atoms with van der Waals surface area (Å²) in [5, 5.41) is 1.14. The van der Waals surface area contributed by atoms with Gasteiger partial charge in [0, 0.05) is 24.2 Å². The number of carbonyl (C=O) groups is 1. The zero-order valence-electron chi connectivity index (χ0n) is 10.0. The summed E-state index contributed by atoms with van der Waals surface area (Å²) in [7, 11) is 0. The van der Waals surface area contributed by atoms with Crippen molar-refractivity contribution < 1.29 is 9.53 Å². The fraction of sp³-hybridized carbons (Fsp3) is 0.417. The molecule has 1 aliphatic rings. The summed E-state index contributed by atoms with van der Waals surface area (Å²) in [6.07, 6.45) is 1.44. The minimum atomic E-state index is -0.0922. The minimum absolute atomic E-state index is 0.0499. The number of ether oxygens (including phenoxy) is 1. The van der Waals surface area contributed by atoms with Crippen LogP contribution in [0.5, 0.6) is 0 Å². The number of carbonyl (C=O) groups excluding carboxylic acids is 1. The second-order valence-corrected chi connectivity index (χ2v) is 5.50. The smallest absolute Gasteiger partial charge is 0.241 e. The summed E-state index contributed by atoms with van der Waals surface area (Å²) in [5.41, 5.74) is 5.79. The highest BCUT2D eigenvalue weighted by Crippen LogP contribution is 2.33. The Bertz CT molecular complexity index is 453. The normalized spacial score (nSPS) is 16.2. The van der Waals surface area contributed by atoms with E-state index in [0.29, 0.717) is 34.0 Å². The van der Waals surface area contributed by atoms with Crippen LogP contribution in [-0.4, -0.2) is 19.1 Å². The van der Waals surface area contributed by atoms with Gasteiger partial charge in [-0.3, -0.25) is 15.6 Å². The van der Waals surface area contributed by atoms with Gasteiger partial charge < -0.3 is 4.74 Å². The van der Waals surface area contributed by atoms with Crippen LogP contribution in [0.25, 0.3) is 0 Å². The molecule has 2 N–H and O–H groups in total. The van der Waals surface area contributed by atoms with Crippen molar-refractivity contribution >= 4 is 46.4 Å². The van der Waals surface area contributed by atoms with E-state index in [4.69, 9.17) is 39.5 Å². The Morgan fingerprint density at radius 3 is 2.32 bits per heavy atom. The number of amides is 1. The number of rotatable bonds is 3. The molecule has 1 fully saturated rings. The molecule has 4 nitrogen and oxygen atoms in total. The number of nitrogens with one attached hydrogen (secondary N) is 2. The van der Waals surface area contributed by atoms with Crippen LogP contribution in [0.4, 0.5) is 5.69 Å². The first-order valence-electron chi connectivity index (χ1n) is 5.86. The lowest BCUT2D eigenvalue weighted by atomic mass is 10.00. The Morgan fingerprint density at radius 2 is 1.74 bits per heavy atom. The van der Waals surface area contributed by atoms with Gasteiger partial charge >= 0.3 is 0 Å². The second kappa shape index (κ2) is 6.66. The van der Waals surface area contributed by atoms with E-state index >= 15 is 0 Å². The maximum Gasteiger partial charge on any atom is 0.241 e. The molecule has 7 heteroatoms. The van der Waals surface area contributed by atoms with Crippen LogP contribution in [0.3, 0.4) is 0 Å². The fourth-order valence-corrected chi connectivity index (χ4v) is 2.76. The van der Waals surface area contributed by atoms with E-state index in [1.807, 2.05) is 0 Å². The molecular formula is C12H13Cl3N2O2. The van der Waals surface area contributed by atoms with Crippen LogP contribution in [0.1, 0.15) is 12.8 Å². The first-order valence-corrected chi connectivity index (χ1v) is 6.99. The van der Waals surface area contributed by atoms with Crippen molar-refractivity contribution in [2.24, 2.45) is 5.92 Å². The van der Waals surface area contributed by atoms with Crippen LogP contribution in [0.2, 0.25) is 15.1 Å². The predicted octanol–water partition coefficient (Wildman–Crippen LogP) is 3.52. The van der Waals surface area contributed by atoms with Gasteiger partial charge in [0.05, 0.1) is 15.7 Å². The van der Waals surface area contributed by atoms with E-state index in [-0.39, 0.29) is 11.8 Å². The van der Waals surface area contributed by atoms with Gasteiger partial charge in [0.2, 0.25) is 5.91 Å². The lowest BCUT2D eigenvalue weighted by Gasteiger charge is -2.22. The molecule has 1 saturated heterocycles. The number of halogens is 3. The molecule has 0 unspecified atom stereocenters. The monoisotopic (exact) mass is 322 g/mol. The summed E-state index contributed by atoms with van der Waals surface area (Å²) < 4.78 is 5.21. The van der Waals surface area contributed by atoms with Gasteiger partial charge in [-0.15, -0.1) is 0 Å². The average Bonchev–Trinajstić information content (AvgIpc) is 2.38. The van der Waals surface area contributed by atoms with Crippen molar-refractivity contribution in [1.82, 2.24) is 5.43 Å². The third-order valence-corrected chi connectivity index (χ3v) is 3.72. The molecular weight excluding hydrogens is 311 g/mol. The first kappa shape index (κ1) is 14.7. The minimum Gasteiger partial charge on any atom is -0.381 e. The zero-order valence-corrected chi connectivity index (χ0v) is 12.3. The molecule has 0 atom stereocenters. The summed E-state index contributed by atoms with van der Waals surface area (Å²) in [6, 6.07) is 3.11. The second-order valence-electron chi connectivity index (χ2n) is 4.25. The molecule has 0 spiro atoms. The Balaban J connectivity index is 1.96. The molecule has 0 aliphatic carbocycles. The van der Waals surface area contributed by atoms with Gasteiger partial charge in [-0.25, -0.2) is 0 Å². The third kappa shape index (κ3) is 3.89. The average molecular weight is 324 g/mol. The van der Waals surface area contributed by atoms with Crippen LogP contribution in [0, 0.1) is 5.92 Å². The highest BCUT2D eigenvalue weighted by molar-refractivity contribution is 6.41. The first-order chi connectivity index (χ1) is 9.08. The maximum atomic E-state index is 11.9. The van der Waals surface area contributed by atoms with E-state index in [0.717, 1.165) is 12.8 Å². The van der Waals surface area contributed by atoms with Crippen molar-refractivity contribution in [1.29, 1.82) is 0 Å². The Hall–Kier alpha value is -0.680. The van der Waals surface area contributed by atoms with Crippen LogP contribution in [0.15, 0.2) is 12.1 Å². The van der Waals surface area contributed by atoms with Gasteiger partial charge in [-0.1, -0.05) is 34.8 Å². The van der Waals surface area contributed by atoms with Crippen molar-refractivity contribution in [2.75, 3.05) is 18.6 Å². The molecule has 0 radical (unpaired) electrons. The van der Waals surface area contributed by atoms with Gasteiger partial charge in [0.15, 0.2) is 0 Å². The molecule has 0 saturated carbocycles. The highest BCUT2D eigenvalue weighted by Gasteiger charge is 2.21. The van der Waals surface area contributed by atoms with Crippen molar-refractivity contribution in [3.8, 4) is 0 Å². The number of benzene rings is 1. The Kier molecular flexibility index (Phi) is 5.16. The van der Waals surface area contributed by atoms with Gasteiger partial charge in [0.1, 0.15) is 0 Å². The number of anilines is 1. The van der Waals surface area contributed by atoms with Crippen molar-refractivity contribution in [3.63, 3.8) is 0 Å². The zero-order chi connectivity index (χ0) is 13.8. The maximum absolute atomic E-state index is 11.9. The molecule has 0 aromatic heterocycles. The van der Waals surface area contributed by atoms with E-state index in [1.54, 1.807) is 12.1 Å². The Morgan fingerprint density at radius 1 is 1.16 bits per heavy atom. The van der Waals surface area contributed by atoms with Crippen LogP contribution < -0.4 is 10.9 Å². The van der Waals surface area contributed by atoms with Crippen molar-refractivity contribution in [2.45, 2.75) is 12.8 Å². The fourth-order valence-electron chi connectivity index (χ4n) is 1.85. The Labute approximate surface area is 126 Å². The standard InChI is InChI=1S/C12H13Cl3N2O2/c13-8-5-9(14)11(10(15)6-8)16-17-12(18)7-1-3-19-4-2-7/h5-7,16H,1-4H2,(H,17,18). The van der Waals surface area contributed by atoms with E-state index < -0.39 is 0 Å². The van der Waals surface area contributed by atoms with E-state index in [1.165, 1.54) is 0 Å². The molecule has 1 aromatic rings. The van der Waals surface area contributed by atoms with Crippen LogP contribution in [-0.2, 0) is 9.53 Å². The largest absolute Gasteiger partial charge is 0.381 e. The molecule has 104 valence electrons. The molecule has 1 aliphatic heterocycles. The number of hydrogen-bond donors (Lipinski definition) is 2. The molecule has 0 bridgehead atoms. The highest BCUT2D eigenvalue weighted by atomic mass is 35.5. The topological polar surface area (TPSA) is 50.4 Å². The number of hydrazine groups is 1. The quantitative estimate of drug-likeness (QED) is 0.837.